The molecule has 0 radical (unpaired) electrons. The van der Waals surface area contributed by atoms with E-state index in [9.17, 15) is 14.4 Å². The number of amides is 2. The molecule has 1 aromatic rings. The lowest BCUT2D eigenvalue weighted by atomic mass is 9.75. The van der Waals surface area contributed by atoms with Crippen molar-refractivity contribution in [1.82, 2.24) is 4.90 Å². The highest BCUT2D eigenvalue weighted by Gasteiger charge is 2.38. The predicted molar refractivity (Wildman–Crippen MR) is 93.0 cm³/mol. The molecule has 1 saturated carbocycles. The van der Waals surface area contributed by atoms with Crippen LogP contribution in [0.5, 0.6) is 0 Å². The number of benzene rings is 1. The molecule has 0 unspecified atom stereocenters. The summed E-state index contributed by atoms with van der Waals surface area (Å²) in [4.78, 5) is 38.1. The van der Waals surface area contributed by atoms with Crippen LogP contribution in [0.4, 0.5) is 0 Å². The molecule has 0 aromatic heterocycles. The van der Waals surface area contributed by atoms with Gasteiger partial charge in [0.25, 0.3) is 11.8 Å². The number of ether oxygens (including phenoxy) is 1. The number of hydrogen-bond acceptors (Lipinski definition) is 4. The molecule has 134 valence electrons. The molecule has 1 aromatic carbocycles. The van der Waals surface area contributed by atoms with E-state index in [0.29, 0.717) is 28.9 Å². The first-order valence-electron chi connectivity index (χ1n) is 9.03. The first-order valence-corrected chi connectivity index (χ1v) is 9.03. The van der Waals surface area contributed by atoms with E-state index in [4.69, 9.17) is 4.74 Å². The highest BCUT2D eigenvalue weighted by molar-refractivity contribution is 6.22. The number of hydrogen-bond donors (Lipinski definition) is 0. The van der Waals surface area contributed by atoms with Gasteiger partial charge in [0.1, 0.15) is 12.6 Å². The van der Waals surface area contributed by atoms with Crippen LogP contribution in [0.1, 0.15) is 60.7 Å². The van der Waals surface area contributed by atoms with Crippen molar-refractivity contribution in [2.24, 2.45) is 17.8 Å². The molecule has 0 bridgehead atoms. The second-order valence-corrected chi connectivity index (χ2v) is 7.60. The van der Waals surface area contributed by atoms with Crippen LogP contribution < -0.4 is 0 Å². The summed E-state index contributed by atoms with van der Waals surface area (Å²) in [5.74, 6) is -0.0526. The summed E-state index contributed by atoms with van der Waals surface area (Å²) in [6.07, 6.45) is 2.90. The molecule has 2 aliphatic rings. The molecule has 2 amide bonds. The standard InChI is InChI=1S/C20H25NO4/c1-12(2)14-9-8-13(3)10-17(14)25-18(22)11-21-19(23)15-6-4-5-7-16(15)20(21)24/h4-7,12-14,17H,8-11H2,1-3H3/t13-,14+,17-/m1/s1. The molecule has 1 fully saturated rings. The number of nitrogens with zero attached hydrogens (tertiary/aromatic N) is 1. The van der Waals surface area contributed by atoms with Gasteiger partial charge in [-0.05, 0) is 42.7 Å². The van der Waals surface area contributed by atoms with Gasteiger partial charge in [-0.2, -0.15) is 0 Å². The van der Waals surface area contributed by atoms with Crippen LogP contribution in [0.3, 0.4) is 0 Å². The van der Waals surface area contributed by atoms with E-state index in [-0.39, 0.29) is 12.6 Å². The number of carbonyl (C=O) groups excluding carboxylic acids is 3. The lowest BCUT2D eigenvalue weighted by Gasteiger charge is -2.36. The minimum Gasteiger partial charge on any atom is -0.461 e. The molecule has 0 saturated heterocycles. The van der Waals surface area contributed by atoms with Crippen LogP contribution in [-0.4, -0.2) is 35.3 Å². The molecule has 5 nitrogen and oxygen atoms in total. The third-order valence-corrected chi connectivity index (χ3v) is 5.41. The van der Waals surface area contributed by atoms with Crippen molar-refractivity contribution in [2.45, 2.75) is 46.1 Å². The Morgan fingerprint density at radius 2 is 1.76 bits per heavy atom. The van der Waals surface area contributed by atoms with Crippen molar-refractivity contribution >= 4 is 17.8 Å². The summed E-state index contributed by atoms with van der Waals surface area (Å²) in [6.45, 7) is 6.14. The highest BCUT2D eigenvalue weighted by Crippen LogP contribution is 2.35. The van der Waals surface area contributed by atoms with Gasteiger partial charge in [-0.25, -0.2) is 0 Å². The van der Waals surface area contributed by atoms with Crippen LogP contribution in [0.2, 0.25) is 0 Å². The molecule has 5 heteroatoms. The predicted octanol–water partition coefficient (Wildman–Crippen LogP) is 3.29. The number of rotatable bonds is 4. The molecule has 0 N–H and O–H groups in total. The lowest BCUT2D eigenvalue weighted by molar-refractivity contribution is -0.156. The Morgan fingerprint density at radius 1 is 1.16 bits per heavy atom. The maximum atomic E-state index is 12.4. The molecule has 3 rings (SSSR count). The lowest BCUT2D eigenvalue weighted by Crippen LogP contribution is -2.40. The summed E-state index contributed by atoms with van der Waals surface area (Å²) < 4.78 is 5.71. The smallest absolute Gasteiger partial charge is 0.326 e. The molecule has 1 aliphatic heterocycles. The topological polar surface area (TPSA) is 63.7 Å². The normalized spacial score (nSPS) is 26.1. The Labute approximate surface area is 148 Å². The third-order valence-electron chi connectivity index (χ3n) is 5.41. The molecule has 25 heavy (non-hydrogen) atoms. The molecular formula is C20H25NO4. The van der Waals surface area contributed by atoms with E-state index in [1.165, 1.54) is 0 Å². The van der Waals surface area contributed by atoms with Gasteiger partial charge < -0.3 is 4.74 Å². The summed E-state index contributed by atoms with van der Waals surface area (Å²) in [6, 6.07) is 6.64. The maximum Gasteiger partial charge on any atom is 0.326 e. The van der Waals surface area contributed by atoms with E-state index in [2.05, 4.69) is 20.8 Å². The Kier molecular flexibility index (Phi) is 4.93. The number of esters is 1. The molecule has 0 spiro atoms. The second kappa shape index (κ2) is 6.98. The minimum absolute atomic E-state index is 0.133. The molecule has 3 atom stereocenters. The first kappa shape index (κ1) is 17.6. The van der Waals surface area contributed by atoms with Crippen LogP contribution in [-0.2, 0) is 9.53 Å². The van der Waals surface area contributed by atoms with Crippen LogP contribution in [0.15, 0.2) is 24.3 Å². The monoisotopic (exact) mass is 343 g/mol. The molecule has 1 aliphatic carbocycles. The van der Waals surface area contributed by atoms with Gasteiger partial charge in [0, 0.05) is 0 Å². The highest BCUT2D eigenvalue weighted by atomic mass is 16.5. The summed E-state index contributed by atoms with van der Waals surface area (Å²) in [5.41, 5.74) is 0.707. The Hall–Kier alpha value is -2.17. The maximum absolute atomic E-state index is 12.4. The average Bonchev–Trinajstić information content (AvgIpc) is 2.80. The molecular weight excluding hydrogens is 318 g/mol. The average molecular weight is 343 g/mol. The summed E-state index contributed by atoms with van der Waals surface area (Å²) in [5, 5.41) is 0. The van der Waals surface area contributed by atoms with Crippen LogP contribution >= 0.6 is 0 Å². The Morgan fingerprint density at radius 3 is 2.32 bits per heavy atom. The zero-order valence-corrected chi connectivity index (χ0v) is 15.0. The number of carbonyl (C=O) groups is 3. The zero-order chi connectivity index (χ0) is 18.1. The van der Waals surface area contributed by atoms with Crippen LogP contribution in [0.25, 0.3) is 0 Å². The largest absolute Gasteiger partial charge is 0.461 e. The van der Waals surface area contributed by atoms with E-state index in [1.54, 1.807) is 24.3 Å². The van der Waals surface area contributed by atoms with Gasteiger partial charge in [-0.1, -0.05) is 39.3 Å². The second-order valence-electron chi connectivity index (χ2n) is 7.60. The van der Waals surface area contributed by atoms with Crippen molar-refractivity contribution in [2.75, 3.05) is 6.54 Å². The van der Waals surface area contributed by atoms with E-state index >= 15 is 0 Å². The summed E-state index contributed by atoms with van der Waals surface area (Å²) in [7, 11) is 0. The zero-order valence-electron chi connectivity index (χ0n) is 15.0. The van der Waals surface area contributed by atoms with Crippen LogP contribution in [0, 0.1) is 17.8 Å². The Bertz CT molecular complexity index is 662. The fourth-order valence-corrected chi connectivity index (χ4v) is 3.97. The van der Waals surface area contributed by atoms with Crippen molar-refractivity contribution in [3.8, 4) is 0 Å². The summed E-state index contributed by atoms with van der Waals surface area (Å²) >= 11 is 0. The van der Waals surface area contributed by atoms with Crippen molar-refractivity contribution in [3.63, 3.8) is 0 Å². The van der Waals surface area contributed by atoms with Gasteiger partial charge in [-0.15, -0.1) is 0 Å². The number of fused-ring (bicyclic) bond motifs is 1. The van der Waals surface area contributed by atoms with Gasteiger partial charge in [0.05, 0.1) is 11.1 Å². The molecule has 1 heterocycles. The van der Waals surface area contributed by atoms with Gasteiger partial charge in [0.15, 0.2) is 0 Å². The SMILES string of the molecule is CC(C)[C@@H]1CC[C@@H](C)C[C@H]1OC(=O)CN1C(=O)c2ccccc2C1=O. The minimum atomic E-state index is -0.501. The third kappa shape index (κ3) is 3.46. The first-order chi connectivity index (χ1) is 11.9. The van der Waals surface area contributed by atoms with E-state index < -0.39 is 17.8 Å². The quantitative estimate of drug-likeness (QED) is 0.622. The van der Waals surface area contributed by atoms with Crippen molar-refractivity contribution in [1.29, 1.82) is 0 Å². The van der Waals surface area contributed by atoms with Gasteiger partial charge in [-0.3, -0.25) is 19.3 Å². The Balaban J connectivity index is 1.67. The fraction of sp³-hybridized carbons (Fsp3) is 0.550. The van der Waals surface area contributed by atoms with Crippen molar-refractivity contribution < 1.29 is 19.1 Å². The van der Waals surface area contributed by atoms with Gasteiger partial charge >= 0.3 is 5.97 Å². The number of imide groups is 1. The van der Waals surface area contributed by atoms with E-state index in [1.807, 2.05) is 0 Å². The van der Waals surface area contributed by atoms with Gasteiger partial charge in [0.2, 0.25) is 0 Å². The fourth-order valence-electron chi connectivity index (χ4n) is 3.97. The van der Waals surface area contributed by atoms with E-state index in [0.717, 1.165) is 24.2 Å². The van der Waals surface area contributed by atoms with Crippen molar-refractivity contribution in [3.05, 3.63) is 35.4 Å².